The molecule has 8 rings (SSSR count). The minimum atomic E-state index is 0.847. The largest absolute Gasteiger partial charge is 0.354 e. The Kier molecular flexibility index (Phi) is 6.05. The fourth-order valence-electron chi connectivity index (χ4n) is 5.75. The van der Waals surface area contributed by atoms with Crippen LogP contribution in [0.15, 0.2) is 146 Å². The minimum Gasteiger partial charge on any atom is -0.354 e. The molecule has 0 fully saturated rings. The van der Waals surface area contributed by atoms with Crippen LogP contribution < -0.4 is 10.7 Å². The number of nitrogens with one attached hydrogen (secondary N) is 1. The molecule has 3 heterocycles. The van der Waals surface area contributed by atoms with Gasteiger partial charge in [0.1, 0.15) is 11.6 Å². The van der Waals surface area contributed by atoms with E-state index in [1.807, 2.05) is 36.4 Å². The first-order chi connectivity index (χ1) is 21.3. The first kappa shape index (κ1) is 24.8. The van der Waals surface area contributed by atoms with Crippen LogP contribution in [0.1, 0.15) is 11.6 Å². The Morgan fingerprint density at radius 1 is 0.512 bits per heavy atom. The van der Waals surface area contributed by atoms with E-state index in [9.17, 15) is 0 Å². The van der Waals surface area contributed by atoms with E-state index in [1.54, 1.807) is 0 Å². The second-order valence-electron chi connectivity index (χ2n) is 10.5. The third-order valence-corrected chi connectivity index (χ3v) is 7.76. The van der Waals surface area contributed by atoms with Crippen molar-refractivity contribution in [2.75, 3.05) is 0 Å². The normalized spacial score (nSPS) is 12.5. The second-order valence-corrected chi connectivity index (χ2v) is 10.5. The summed E-state index contributed by atoms with van der Waals surface area (Å²) in [5.74, 6) is 1.71. The number of benzene rings is 5. The van der Waals surface area contributed by atoms with Crippen LogP contribution >= 0.6 is 0 Å². The van der Waals surface area contributed by atoms with Crippen molar-refractivity contribution in [1.82, 2.24) is 24.1 Å². The molecule has 0 spiro atoms. The number of para-hydroxylation sites is 4. The van der Waals surface area contributed by atoms with Crippen molar-refractivity contribution in [2.45, 2.75) is 0 Å². The predicted octanol–water partition coefficient (Wildman–Crippen LogP) is 7.02. The minimum absolute atomic E-state index is 0.847. The first-order valence-electron chi connectivity index (χ1n) is 14.4. The molecule has 8 aromatic rings. The number of rotatable bonds is 5. The zero-order valence-corrected chi connectivity index (χ0v) is 23.3. The van der Waals surface area contributed by atoms with Crippen LogP contribution in [0, 0.1) is 0 Å². The van der Waals surface area contributed by atoms with Crippen molar-refractivity contribution in [3.05, 3.63) is 168 Å². The van der Waals surface area contributed by atoms with Crippen molar-refractivity contribution in [2.24, 2.45) is 0 Å². The monoisotopic (exact) mass is 553 g/mol. The van der Waals surface area contributed by atoms with Gasteiger partial charge < -0.3 is 4.98 Å². The summed E-state index contributed by atoms with van der Waals surface area (Å²) in [6.45, 7) is 0. The standard InChI is InChI=1S/C38H27N5/c1-4-14-27(15-5-1)35-26-42(28-16-6-2-7-17-28)37(41-35)24-33-30-20-10-11-21-31(30)34(39-33)25-38-40-32-22-12-13-23-36(32)43(38)29-18-8-3-9-19-29/h1-26,39H. The van der Waals surface area contributed by atoms with Crippen molar-refractivity contribution >= 4 is 34.0 Å². The number of aromatic amines is 1. The van der Waals surface area contributed by atoms with Crippen LogP contribution in [-0.4, -0.2) is 24.1 Å². The Bertz CT molecular complexity index is 2330. The van der Waals surface area contributed by atoms with Crippen LogP contribution in [0.3, 0.4) is 0 Å². The van der Waals surface area contributed by atoms with Crippen molar-refractivity contribution < 1.29 is 0 Å². The molecule has 0 saturated carbocycles. The lowest BCUT2D eigenvalue weighted by Crippen LogP contribution is -2.12. The zero-order valence-electron chi connectivity index (χ0n) is 23.3. The van der Waals surface area contributed by atoms with Crippen molar-refractivity contribution in [3.8, 4) is 22.6 Å². The van der Waals surface area contributed by atoms with Crippen molar-refractivity contribution in [1.29, 1.82) is 0 Å². The molecule has 43 heavy (non-hydrogen) atoms. The van der Waals surface area contributed by atoms with Gasteiger partial charge in [-0.05, 0) is 36.4 Å². The van der Waals surface area contributed by atoms with Gasteiger partial charge in [-0.2, -0.15) is 0 Å². The maximum atomic E-state index is 5.10. The Labute approximate surface area is 248 Å². The Morgan fingerprint density at radius 3 is 1.77 bits per heavy atom. The van der Waals surface area contributed by atoms with E-state index in [4.69, 9.17) is 9.97 Å². The van der Waals surface area contributed by atoms with Crippen LogP contribution in [0.5, 0.6) is 0 Å². The molecular weight excluding hydrogens is 526 g/mol. The fourth-order valence-corrected chi connectivity index (χ4v) is 5.75. The van der Waals surface area contributed by atoms with E-state index in [0.29, 0.717) is 0 Å². The van der Waals surface area contributed by atoms with E-state index in [2.05, 4.69) is 136 Å². The highest BCUT2D eigenvalue weighted by Crippen LogP contribution is 2.23. The fraction of sp³-hybridized carbons (Fsp3) is 0. The summed E-state index contributed by atoms with van der Waals surface area (Å²) in [7, 11) is 0. The Hall–Kier alpha value is -5.94. The molecular formula is C38H27N5. The molecule has 0 aliphatic heterocycles. The summed E-state index contributed by atoms with van der Waals surface area (Å²) >= 11 is 0. The molecule has 0 saturated heterocycles. The van der Waals surface area contributed by atoms with Gasteiger partial charge in [0.05, 0.1) is 27.4 Å². The molecule has 0 aliphatic carbocycles. The van der Waals surface area contributed by atoms with Crippen LogP contribution in [0.2, 0.25) is 0 Å². The second kappa shape index (κ2) is 10.5. The highest BCUT2D eigenvalue weighted by atomic mass is 15.1. The van der Waals surface area contributed by atoms with E-state index in [-0.39, 0.29) is 0 Å². The smallest absolute Gasteiger partial charge is 0.140 e. The van der Waals surface area contributed by atoms with Crippen LogP contribution in [0.25, 0.3) is 56.6 Å². The average Bonchev–Trinajstić information content (AvgIpc) is 3.76. The summed E-state index contributed by atoms with van der Waals surface area (Å²) in [5.41, 5.74) is 6.16. The first-order valence-corrected chi connectivity index (χ1v) is 14.4. The SMILES string of the molecule is C(c1nc(-c2ccccc2)cn1-c1ccccc1)=c1[nH]c(=Cc2nc3ccccc3n2-c2ccccc2)c2ccccc12. The summed E-state index contributed by atoms with van der Waals surface area (Å²) in [6.07, 6.45) is 6.39. The lowest BCUT2D eigenvalue weighted by Gasteiger charge is -2.06. The number of hydrogen-bond acceptors (Lipinski definition) is 2. The Balaban J connectivity index is 1.36. The molecule has 0 unspecified atom stereocenters. The highest BCUT2D eigenvalue weighted by molar-refractivity contribution is 5.86. The lowest BCUT2D eigenvalue weighted by atomic mass is 10.2. The summed E-state index contributed by atoms with van der Waals surface area (Å²) in [6, 6.07) is 47.8. The number of imidazole rings is 2. The van der Waals surface area contributed by atoms with Gasteiger partial charge in [0.25, 0.3) is 0 Å². The molecule has 0 amide bonds. The third kappa shape index (κ3) is 4.53. The number of nitrogens with zero attached hydrogens (tertiary/aromatic N) is 4. The highest BCUT2D eigenvalue weighted by Gasteiger charge is 2.13. The molecule has 0 radical (unpaired) electrons. The number of H-pyrrole nitrogens is 1. The van der Waals surface area contributed by atoms with Crippen molar-refractivity contribution in [3.63, 3.8) is 0 Å². The topological polar surface area (TPSA) is 51.4 Å². The molecule has 0 aliphatic rings. The molecule has 0 bridgehead atoms. The summed E-state index contributed by atoms with van der Waals surface area (Å²) in [5, 5.41) is 4.24. The van der Waals surface area contributed by atoms with Gasteiger partial charge in [0, 0.05) is 46.1 Å². The van der Waals surface area contributed by atoms with Gasteiger partial charge in [-0.1, -0.05) is 103 Å². The van der Waals surface area contributed by atoms with Crippen LogP contribution in [-0.2, 0) is 0 Å². The number of hydrogen-bond donors (Lipinski definition) is 1. The van der Waals surface area contributed by atoms with Gasteiger partial charge >= 0.3 is 0 Å². The van der Waals surface area contributed by atoms with Gasteiger partial charge in [0.2, 0.25) is 0 Å². The zero-order chi connectivity index (χ0) is 28.6. The average molecular weight is 554 g/mol. The van der Waals surface area contributed by atoms with Crippen LogP contribution in [0.4, 0.5) is 0 Å². The number of aromatic nitrogens is 5. The molecule has 5 aromatic carbocycles. The molecule has 0 atom stereocenters. The maximum Gasteiger partial charge on any atom is 0.140 e. The third-order valence-electron chi connectivity index (χ3n) is 7.76. The summed E-state index contributed by atoms with van der Waals surface area (Å²) in [4.78, 5) is 13.9. The molecule has 5 heteroatoms. The summed E-state index contributed by atoms with van der Waals surface area (Å²) < 4.78 is 4.36. The van der Waals surface area contributed by atoms with E-state index < -0.39 is 0 Å². The quantitative estimate of drug-likeness (QED) is 0.249. The van der Waals surface area contributed by atoms with Gasteiger partial charge in [-0.15, -0.1) is 0 Å². The van der Waals surface area contributed by atoms with Gasteiger partial charge in [-0.25, -0.2) is 9.97 Å². The van der Waals surface area contributed by atoms with E-state index >= 15 is 0 Å². The van der Waals surface area contributed by atoms with E-state index in [1.165, 1.54) is 0 Å². The lowest BCUT2D eigenvalue weighted by molar-refractivity contribution is 1.03. The molecule has 5 nitrogen and oxygen atoms in total. The maximum absolute atomic E-state index is 5.10. The van der Waals surface area contributed by atoms with Gasteiger partial charge in [0.15, 0.2) is 0 Å². The Morgan fingerprint density at radius 2 is 1.07 bits per heavy atom. The molecule has 1 N–H and O–H groups in total. The van der Waals surface area contributed by atoms with E-state index in [0.717, 1.165) is 66.8 Å². The predicted molar refractivity (Wildman–Crippen MR) is 175 cm³/mol. The van der Waals surface area contributed by atoms with Gasteiger partial charge in [-0.3, -0.25) is 9.13 Å². The number of fused-ring (bicyclic) bond motifs is 2. The molecule has 204 valence electrons. The molecule has 3 aromatic heterocycles.